The minimum absolute atomic E-state index is 0.414. The van der Waals surface area contributed by atoms with E-state index < -0.39 is 0 Å². The second-order valence-electron chi connectivity index (χ2n) is 4.68. The number of aromatic hydroxyl groups is 1. The van der Waals surface area contributed by atoms with Gasteiger partial charge in [-0.15, -0.1) is 0 Å². The summed E-state index contributed by atoms with van der Waals surface area (Å²) in [5, 5.41) is 13.2. The number of para-hydroxylation sites is 1. The zero-order valence-corrected chi connectivity index (χ0v) is 10.4. The first-order chi connectivity index (χ1) is 8.27. The molecule has 3 heteroatoms. The van der Waals surface area contributed by atoms with Crippen LogP contribution in [0.15, 0.2) is 18.2 Å². The van der Waals surface area contributed by atoms with Gasteiger partial charge in [-0.1, -0.05) is 18.2 Å². The summed E-state index contributed by atoms with van der Waals surface area (Å²) in [6.45, 7) is 4.51. The maximum absolute atomic E-state index is 9.84. The molecule has 2 rings (SSSR count). The van der Waals surface area contributed by atoms with E-state index in [1.807, 2.05) is 25.1 Å². The Morgan fingerprint density at radius 3 is 3.12 bits per heavy atom. The molecular formula is C14H21NO2. The highest BCUT2D eigenvalue weighted by Gasteiger charge is 2.14. The minimum atomic E-state index is 0.414. The SMILES string of the molecule is Cc1cccc(CNCCC2CCCO2)c1O. The van der Waals surface area contributed by atoms with Crippen molar-refractivity contribution in [1.29, 1.82) is 0 Å². The van der Waals surface area contributed by atoms with Crippen LogP contribution in [0.5, 0.6) is 5.75 Å². The summed E-state index contributed by atoms with van der Waals surface area (Å²) in [6, 6.07) is 5.86. The molecule has 0 radical (unpaired) electrons. The predicted octanol–water partition coefficient (Wildman–Crippen LogP) is 2.36. The van der Waals surface area contributed by atoms with Gasteiger partial charge in [0.15, 0.2) is 0 Å². The summed E-state index contributed by atoms with van der Waals surface area (Å²) < 4.78 is 5.56. The number of aryl methyl sites for hydroxylation is 1. The van der Waals surface area contributed by atoms with Crippen LogP contribution in [0, 0.1) is 6.92 Å². The summed E-state index contributed by atoms with van der Waals surface area (Å²) >= 11 is 0. The topological polar surface area (TPSA) is 41.5 Å². The van der Waals surface area contributed by atoms with Crippen LogP contribution in [0.25, 0.3) is 0 Å². The van der Waals surface area contributed by atoms with Gasteiger partial charge in [-0.25, -0.2) is 0 Å². The summed E-state index contributed by atoms with van der Waals surface area (Å²) in [5.41, 5.74) is 1.90. The second-order valence-corrected chi connectivity index (χ2v) is 4.68. The Hall–Kier alpha value is -1.06. The van der Waals surface area contributed by atoms with Crippen LogP contribution >= 0.6 is 0 Å². The number of benzene rings is 1. The fourth-order valence-electron chi connectivity index (χ4n) is 2.22. The first kappa shape index (κ1) is 12.4. The molecule has 2 N–H and O–H groups in total. The van der Waals surface area contributed by atoms with Gasteiger partial charge in [0.25, 0.3) is 0 Å². The molecule has 0 spiro atoms. The van der Waals surface area contributed by atoms with Gasteiger partial charge in [-0.3, -0.25) is 0 Å². The van der Waals surface area contributed by atoms with E-state index in [0.717, 1.165) is 37.2 Å². The number of ether oxygens (including phenoxy) is 1. The largest absolute Gasteiger partial charge is 0.507 e. The first-order valence-electron chi connectivity index (χ1n) is 6.37. The molecule has 1 aromatic rings. The summed E-state index contributed by atoms with van der Waals surface area (Å²) in [6.07, 6.45) is 3.89. The quantitative estimate of drug-likeness (QED) is 0.770. The van der Waals surface area contributed by atoms with Crippen molar-refractivity contribution < 1.29 is 9.84 Å². The lowest BCUT2D eigenvalue weighted by Gasteiger charge is -2.11. The van der Waals surface area contributed by atoms with Gasteiger partial charge < -0.3 is 15.2 Å². The van der Waals surface area contributed by atoms with Gasteiger partial charge in [-0.05, 0) is 38.3 Å². The maximum atomic E-state index is 9.84. The van der Waals surface area contributed by atoms with Crippen molar-refractivity contribution >= 4 is 0 Å². The Kier molecular flexibility index (Phi) is 4.40. The van der Waals surface area contributed by atoms with E-state index in [4.69, 9.17) is 4.74 Å². The van der Waals surface area contributed by atoms with Crippen molar-refractivity contribution in [2.75, 3.05) is 13.2 Å². The van der Waals surface area contributed by atoms with Crippen LogP contribution in [0.1, 0.15) is 30.4 Å². The highest BCUT2D eigenvalue weighted by molar-refractivity contribution is 5.39. The third kappa shape index (κ3) is 3.45. The minimum Gasteiger partial charge on any atom is -0.507 e. The van der Waals surface area contributed by atoms with Gasteiger partial charge in [0.05, 0.1) is 6.10 Å². The molecule has 1 fully saturated rings. The van der Waals surface area contributed by atoms with E-state index in [2.05, 4.69) is 5.32 Å². The molecule has 3 nitrogen and oxygen atoms in total. The molecular weight excluding hydrogens is 214 g/mol. The van der Waals surface area contributed by atoms with E-state index in [9.17, 15) is 5.11 Å². The molecule has 17 heavy (non-hydrogen) atoms. The van der Waals surface area contributed by atoms with Crippen LogP contribution in [0.2, 0.25) is 0 Å². The molecule has 94 valence electrons. The molecule has 0 saturated carbocycles. The average Bonchev–Trinajstić information content (AvgIpc) is 2.83. The lowest BCUT2D eigenvalue weighted by atomic mass is 10.1. The van der Waals surface area contributed by atoms with Gasteiger partial charge in [0.2, 0.25) is 0 Å². The highest BCUT2D eigenvalue weighted by Crippen LogP contribution is 2.21. The molecule has 0 aliphatic carbocycles. The number of phenolic OH excluding ortho intramolecular Hbond substituents is 1. The molecule has 0 bridgehead atoms. The summed E-state index contributed by atoms with van der Waals surface area (Å²) in [4.78, 5) is 0. The molecule has 1 aliphatic rings. The Morgan fingerprint density at radius 1 is 1.47 bits per heavy atom. The number of hydrogen-bond donors (Lipinski definition) is 2. The van der Waals surface area contributed by atoms with Crippen LogP contribution in [-0.2, 0) is 11.3 Å². The van der Waals surface area contributed by atoms with E-state index >= 15 is 0 Å². The van der Waals surface area contributed by atoms with Crippen molar-refractivity contribution in [3.63, 3.8) is 0 Å². The van der Waals surface area contributed by atoms with Gasteiger partial charge in [0, 0.05) is 18.7 Å². The van der Waals surface area contributed by atoms with Crippen LogP contribution in [-0.4, -0.2) is 24.4 Å². The number of nitrogens with one attached hydrogen (secondary N) is 1. The van der Waals surface area contributed by atoms with E-state index in [1.54, 1.807) is 0 Å². The summed E-state index contributed by atoms with van der Waals surface area (Å²) in [7, 11) is 0. The molecule has 1 atom stereocenters. The highest BCUT2D eigenvalue weighted by atomic mass is 16.5. The van der Waals surface area contributed by atoms with Crippen molar-refractivity contribution in [1.82, 2.24) is 5.32 Å². The Labute approximate surface area is 103 Å². The zero-order valence-electron chi connectivity index (χ0n) is 10.4. The molecule has 1 saturated heterocycles. The predicted molar refractivity (Wildman–Crippen MR) is 68.1 cm³/mol. The first-order valence-corrected chi connectivity index (χ1v) is 6.37. The van der Waals surface area contributed by atoms with E-state index in [-0.39, 0.29) is 0 Å². The molecule has 1 heterocycles. The van der Waals surface area contributed by atoms with Crippen LogP contribution in [0.3, 0.4) is 0 Å². The van der Waals surface area contributed by atoms with Gasteiger partial charge >= 0.3 is 0 Å². The average molecular weight is 235 g/mol. The van der Waals surface area contributed by atoms with Crippen LogP contribution in [0.4, 0.5) is 0 Å². The third-order valence-corrected chi connectivity index (χ3v) is 3.30. The fraction of sp³-hybridized carbons (Fsp3) is 0.571. The van der Waals surface area contributed by atoms with Crippen LogP contribution < -0.4 is 5.32 Å². The molecule has 0 amide bonds. The Balaban J connectivity index is 1.72. The van der Waals surface area contributed by atoms with Crippen molar-refractivity contribution in [2.24, 2.45) is 0 Å². The standard InChI is InChI=1S/C14H21NO2/c1-11-4-2-5-12(14(11)16)10-15-8-7-13-6-3-9-17-13/h2,4-5,13,15-16H,3,6-10H2,1H3. The Morgan fingerprint density at radius 2 is 2.35 bits per heavy atom. The van der Waals surface area contributed by atoms with Crippen molar-refractivity contribution in [2.45, 2.75) is 38.8 Å². The normalized spacial score (nSPS) is 19.7. The smallest absolute Gasteiger partial charge is 0.122 e. The van der Waals surface area contributed by atoms with Crippen molar-refractivity contribution in [3.8, 4) is 5.75 Å². The molecule has 1 aliphatic heterocycles. The lowest BCUT2D eigenvalue weighted by molar-refractivity contribution is 0.104. The molecule has 1 unspecified atom stereocenters. The maximum Gasteiger partial charge on any atom is 0.122 e. The molecule has 0 aromatic heterocycles. The number of rotatable bonds is 5. The zero-order chi connectivity index (χ0) is 12.1. The van der Waals surface area contributed by atoms with Gasteiger partial charge in [-0.2, -0.15) is 0 Å². The number of hydrogen-bond acceptors (Lipinski definition) is 3. The summed E-state index contributed by atoms with van der Waals surface area (Å²) in [5.74, 6) is 0.414. The fourth-order valence-corrected chi connectivity index (χ4v) is 2.22. The van der Waals surface area contributed by atoms with Gasteiger partial charge in [0.1, 0.15) is 5.75 Å². The van der Waals surface area contributed by atoms with E-state index in [1.165, 1.54) is 12.8 Å². The third-order valence-electron chi connectivity index (χ3n) is 3.30. The van der Waals surface area contributed by atoms with Crippen molar-refractivity contribution in [3.05, 3.63) is 29.3 Å². The number of phenols is 1. The lowest BCUT2D eigenvalue weighted by Crippen LogP contribution is -2.19. The van der Waals surface area contributed by atoms with E-state index in [0.29, 0.717) is 11.9 Å². The monoisotopic (exact) mass is 235 g/mol. The Bertz CT molecular complexity index is 359. The molecule has 1 aromatic carbocycles. The second kappa shape index (κ2) is 6.03.